The van der Waals surface area contributed by atoms with E-state index in [1.54, 1.807) is 0 Å². The maximum atomic E-state index is 13.0. The molecule has 25 heavy (non-hydrogen) atoms. The average molecular weight is 364 g/mol. The lowest BCUT2D eigenvalue weighted by molar-refractivity contribution is -0.116. The molecule has 132 valence electrons. The van der Waals surface area contributed by atoms with Crippen LogP contribution in [0.4, 0.5) is 10.1 Å². The molecule has 0 aliphatic heterocycles. The molecule has 0 bridgehead atoms. The number of benzene rings is 2. The van der Waals surface area contributed by atoms with Crippen molar-refractivity contribution < 1.29 is 22.4 Å². The first-order chi connectivity index (χ1) is 11.8. The van der Waals surface area contributed by atoms with Crippen molar-refractivity contribution in [2.24, 2.45) is 0 Å². The number of carbonyl (C=O) groups excluding carboxylic acids is 2. The van der Waals surface area contributed by atoms with E-state index in [1.807, 2.05) is 0 Å². The van der Waals surface area contributed by atoms with Crippen LogP contribution >= 0.6 is 0 Å². The van der Waals surface area contributed by atoms with Crippen molar-refractivity contribution in [3.8, 4) is 0 Å². The van der Waals surface area contributed by atoms with E-state index in [0.29, 0.717) is 5.69 Å². The summed E-state index contributed by atoms with van der Waals surface area (Å²) in [6.45, 7) is 1.21. The summed E-state index contributed by atoms with van der Waals surface area (Å²) < 4.78 is 39.7. The molecule has 0 aliphatic carbocycles. The van der Waals surface area contributed by atoms with Crippen LogP contribution in [0.1, 0.15) is 23.7 Å². The number of anilines is 1. The van der Waals surface area contributed by atoms with Gasteiger partial charge in [-0.2, -0.15) is 0 Å². The molecule has 2 aromatic carbocycles. The van der Waals surface area contributed by atoms with Gasteiger partial charge in [0.05, 0.1) is 4.90 Å². The minimum absolute atomic E-state index is 0.0502. The smallest absolute Gasteiger partial charge is 0.240 e. The second-order valence-corrected chi connectivity index (χ2v) is 7.06. The van der Waals surface area contributed by atoms with E-state index in [2.05, 4.69) is 10.0 Å². The Kier molecular flexibility index (Phi) is 6.00. The molecule has 0 saturated heterocycles. The van der Waals surface area contributed by atoms with Gasteiger partial charge in [0.25, 0.3) is 0 Å². The van der Waals surface area contributed by atoms with Crippen LogP contribution in [0.15, 0.2) is 53.4 Å². The third kappa shape index (κ3) is 5.47. The Morgan fingerprint density at radius 2 is 1.80 bits per heavy atom. The van der Waals surface area contributed by atoms with Crippen molar-refractivity contribution >= 4 is 27.4 Å². The fourth-order valence-corrected chi connectivity index (χ4v) is 3.13. The summed E-state index contributed by atoms with van der Waals surface area (Å²) >= 11 is 0. The number of carbonyl (C=O) groups is 2. The molecule has 2 rings (SSSR count). The van der Waals surface area contributed by atoms with Crippen LogP contribution in [0, 0.1) is 5.82 Å². The summed E-state index contributed by atoms with van der Waals surface area (Å²) in [6, 6.07) is 11.0. The van der Waals surface area contributed by atoms with E-state index in [1.165, 1.54) is 49.4 Å². The minimum atomic E-state index is -3.83. The number of nitrogens with one attached hydrogen (secondary N) is 2. The number of halogens is 1. The largest absolute Gasteiger partial charge is 0.326 e. The number of Topliss-reactive ketones (excluding diaryl/α,β-unsaturated/α-hetero) is 1. The Morgan fingerprint density at radius 3 is 2.48 bits per heavy atom. The summed E-state index contributed by atoms with van der Waals surface area (Å²) in [4.78, 5) is 23.1. The molecule has 6 nitrogen and oxygen atoms in total. The van der Waals surface area contributed by atoms with Gasteiger partial charge in [-0.15, -0.1) is 0 Å². The molecule has 0 aromatic heterocycles. The highest BCUT2D eigenvalue weighted by Gasteiger charge is 2.15. The van der Waals surface area contributed by atoms with Crippen molar-refractivity contribution in [2.75, 3.05) is 11.9 Å². The molecule has 0 heterocycles. The highest BCUT2D eigenvalue weighted by molar-refractivity contribution is 7.89. The summed E-state index contributed by atoms with van der Waals surface area (Å²) in [5.74, 6) is -1.18. The SMILES string of the molecule is CC(=O)c1cccc(S(=O)(=O)NCCC(=O)Nc2cccc(F)c2)c1. The third-order valence-electron chi connectivity index (χ3n) is 3.30. The molecule has 2 aromatic rings. The number of sulfonamides is 1. The molecule has 0 atom stereocenters. The van der Waals surface area contributed by atoms with E-state index in [9.17, 15) is 22.4 Å². The topological polar surface area (TPSA) is 92.3 Å². The van der Waals surface area contributed by atoms with Gasteiger partial charge >= 0.3 is 0 Å². The van der Waals surface area contributed by atoms with Crippen molar-refractivity contribution in [3.63, 3.8) is 0 Å². The summed E-state index contributed by atoms with van der Waals surface area (Å²) in [5, 5.41) is 2.47. The normalized spacial score (nSPS) is 11.1. The monoisotopic (exact) mass is 364 g/mol. The Hall–Kier alpha value is -2.58. The predicted molar refractivity (Wildman–Crippen MR) is 91.3 cm³/mol. The molecule has 0 radical (unpaired) electrons. The Bertz CT molecular complexity index is 897. The maximum Gasteiger partial charge on any atom is 0.240 e. The number of rotatable bonds is 7. The highest BCUT2D eigenvalue weighted by atomic mass is 32.2. The van der Waals surface area contributed by atoms with Crippen LogP contribution in [0.25, 0.3) is 0 Å². The summed E-state index contributed by atoms with van der Waals surface area (Å²) in [5.41, 5.74) is 0.578. The average Bonchev–Trinajstić information content (AvgIpc) is 2.54. The molecular formula is C17H17FN2O4S. The quantitative estimate of drug-likeness (QED) is 0.738. The molecule has 0 fully saturated rings. The van der Waals surface area contributed by atoms with Crippen molar-refractivity contribution in [1.29, 1.82) is 0 Å². The Labute approximate surface area is 145 Å². The third-order valence-corrected chi connectivity index (χ3v) is 4.76. The van der Waals surface area contributed by atoms with Gasteiger partial charge in [-0.1, -0.05) is 18.2 Å². The number of hydrogen-bond donors (Lipinski definition) is 2. The van der Waals surface area contributed by atoms with E-state index in [4.69, 9.17) is 0 Å². The summed E-state index contributed by atoms with van der Waals surface area (Å²) in [6.07, 6.45) is -0.123. The van der Waals surface area contributed by atoms with E-state index < -0.39 is 21.7 Å². The van der Waals surface area contributed by atoms with Gasteiger partial charge in [0.15, 0.2) is 5.78 Å². The molecular weight excluding hydrogens is 347 g/mol. The van der Waals surface area contributed by atoms with Gasteiger partial charge in [0, 0.05) is 24.2 Å². The first-order valence-electron chi connectivity index (χ1n) is 7.44. The maximum absolute atomic E-state index is 13.0. The number of amides is 1. The van der Waals surface area contributed by atoms with Gasteiger partial charge in [0.1, 0.15) is 5.82 Å². The zero-order valence-corrected chi connectivity index (χ0v) is 14.3. The fraction of sp³-hybridized carbons (Fsp3) is 0.176. The molecule has 0 unspecified atom stereocenters. The first kappa shape index (κ1) is 18.8. The fourth-order valence-electron chi connectivity index (χ4n) is 2.05. The van der Waals surface area contributed by atoms with Gasteiger partial charge in [-0.05, 0) is 37.3 Å². The molecule has 1 amide bonds. The molecule has 0 saturated carbocycles. The van der Waals surface area contributed by atoms with Gasteiger partial charge < -0.3 is 5.32 Å². The molecule has 0 aliphatic rings. The van der Waals surface area contributed by atoms with Crippen molar-refractivity contribution in [2.45, 2.75) is 18.2 Å². The Morgan fingerprint density at radius 1 is 1.08 bits per heavy atom. The molecule has 2 N–H and O–H groups in total. The lowest BCUT2D eigenvalue weighted by Crippen LogP contribution is -2.28. The number of hydrogen-bond acceptors (Lipinski definition) is 4. The van der Waals surface area contributed by atoms with Crippen molar-refractivity contribution in [3.05, 3.63) is 59.9 Å². The zero-order chi connectivity index (χ0) is 18.4. The van der Waals surface area contributed by atoms with Gasteiger partial charge in [-0.3, -0.25) is 9.59 Å². The van der Waals surface area contributed by atoms with Crippen LogP contribution in [-0.4, -0.2) is 26.7 Å². The second kappa shape index (κ2) is 8.00. The van der Waals surface area contributed by atoms with Crippen molar-refractivity contribution in [1.82, 2.24) is 4.72 Å². The van der Waals surface area contributed by atoms with Gasteiger partial charge in [0.2, 0.25) is 15.9 Å². The Balaban J connectivity index is 1.93. The van der Waals surface area contributed by atoms with Gasteiger partial charge in [-0.25, -0.2) is 17.5 Å². The first-order valence-corrected chi connectivity index (χ1v) is 8.92. The van der Waals surface area contributed by atoms with E-state index in [-0.39, 0.29) is 29.2 Å². The summed E-state index contributed by atoms with van der Waals surface area (Å²) in [7, 11) is -3.83. The number of ketones is 1. The predicted octanol–water partition coefficient (Wildman–Crippen LogP) is 2.34. The standard InChI is InChI=1S/C17H17FN2O4S/c1-12(21)13-4-2-7-16(10-13)25(23,24)19-9-8-17(22)20-15-6-3-5-14(18)11-15/h2-7,10-11,19H,8-9H2,1H3,(H,20,22). The highest BCUT2D eigenvalue weighted by Crippen LogP contribution is 2.12. The van der Waals surface area contributed by atoms with E-state index >= 15 is 0 Å². The van der Waals surface area contributed by atoms with Crippen LogP contribution < -0.4 is 10.0 Å². The van der Waals surface area contributed by atoms with Crippen LogP contribution in [0.2, 0.25) is 0 Å². The minimum Gasteiger partial charge on any atom is -0.326 e. The van der Waals surface area contributed by atoms with E-state index in [0.717, 1.165) is 6.07 Å². The molecule has 0 spiro atoms. The molecule has 8 heteroatoms. The van der Waals surface area contributed by atoms with Crippen LogP contribution in [0.3, 0.4) is 0 Å². The van der Waals surface area contributed by atoms with Crippen LogP contribution in [0.5, 0.6) is 0 Å². The second-order valence-electron chi connectivity index (χ2n) is 5.29. The lowest BCUT2D eigenvalue weighted by atomic mass is 10.2. The van der Waals surface area contributed by atoms with Crippen LogP contribution in [-0.2, 0) is 14.8 Å². The lowest BCUT2D eigenvalue weighted by Gasteiger charge is -2.08. The zero-order valence-electron chi connectivity index (χ0n) is 13.5.